The van der Waals surface area contributed by atoms with E-state index in [1.165, 1.54) is 10.8 Å². The number of nitrogens with zero attached hydrogens (tertiary/aromatic N) is 2. The fourth-order valence-corrected chi connectivity index (χ4v) is 4.01. The quantitative estimate of drug-likeness (QED) is 0.672. The van der Waals surface area contributed by atoms with Crippen LogP contribution in [0.25, 0.3) is 0 Å². The van der Waals surface area contributed by atoms with Crippen molar-refractivity contribution in [3.05, 3.63) is 18.0 Å². The number of β-amino-alcohol motifs (C(OH)–C–C–N with tert-alkyl or cyclic N) is 2. The molecule has 0 radical (unpaired) electrons. The molecule has 0 unspecified atom stereocenters. The molecule has 3 N–H and O–H groups in total. The van der Waals surface area contributed by atoms with E-state index in [9.17, 15) is 23.4 Å². The van der Waals surface area contributed by atoms with E-state index >= 15 is 0 Å². The molecule has 116 valence electrons. The van der Waals surface area contributed by atoms with Gasteiger partial charge in [-0.2, -0.15) is 4.31 Å². The highest BCUT2D eigenvalue weighted by Crippen LogP contribution is 2.37. The summed E-state index contributed by atoms with van der Waals surface area (Å²) in [6.07, 6.45) is 0.743. The first-order chi connectivity index (χ1) is 9.80. The van der Waals surface area contributed by atoms with Crippen LogP contribution in [0, 0.1) is 0 Å². The molecule has 2 aliphatic rings. The number of aliphatic hydroxyl groups is 2. The van der Waals surface area contributed by atoms with Crippen LogP contribution in [0.4, 0.5) is 0 Å². The minimum Gasteiger partial charge on any atom is -0.477 e. The molecule has 9 heteroatoms. The second kappa shape index (κ2) is 4.80. The lowest BCUT2D eigenvalue weighted by molar-refractivity contribution is 0.0572. The Kier molecular flexibility index (Phi) is 3.32. The molecule has 1 saturated heterocycles. The molecule has 3 rings (SSSR count). The van der Waals surface area contributed by atoms with Crippen molar-refractivity contribution in [3.8, 4) is 0 Å². The number of rotatable bonds is 4. The molecule has 1 aromatic heterocycles. The molecule has 8 nitrogen and oxygen atoms in total. The summed E-state index contributed by atoms with van der Waals surface area (Å²) >= 11 is 0. The zero-order chi connectivity index (χ0) is 15.4. The largest absolute Gasteiger partial charge is 0.477 e. The molecule has 0 amide bonds. The lowest BCUT2D eigenvalue weighted by Gasteiger charge is -2.14. The predicted molar refractivity (Wildman–Crippen MR) is 70.4 cm³/mol. The number of hydrogen-bond donors (Lipinski definition) is 3. The van der Waals surface area contributed by atoms with E-state index in [0.29, 0.717) is 0 Å². The van der Waals surface area contributed by atoms with Gasteiger partial charge in [0.1, 0.15) is 10.6 Å². The molecule has 2 fully saturated rings. The zero-order valence-electron chi connectivity index (χ0n) is 11.1. The van der Waals surface area contributed by atoms with Gasteiger partial charge in [-0.15, -0.1) is 0 Å². The Labute approximate surface area is 121 Å². The van der Waals surface area contributed by atoms with E-state index in [2.05, 4.69) is 0 Å². The van der Waals surface area contributed by atoms with Crippen molar-refractivity contribution < 1.29 is 28.5 Å². The van der Waals surface area contributed by atoms with Gasteiger partial charge in [0, 0.05) is 25.3 Å². The molecule has 1 aromatic rings. The first-order valence-corrected chi connectivity index (χ1v) is 8.06. The summed E-state index contributed by atoms with van der Waals surface area (Å²) < 4.78 is 27.4. The predicted octanol–water partition coefficient (Wildman–Crippen LogP) is -0.753. The minimum atomic E-state index is -3.92. The van der Waals surface area contributed by atoms with Crippen LogP contribution in [-0.2, 0) is 10.0 Å². The SMILES string of the molecule is O=C(O)c1cc(S(=O)(=O)N2C[C@@H](O)[C@@H](O)C2)cn1C1CC1. The Morgan fingerprint density at radius 2 is 1.76 bits per heavy atom. The number of sulfonamides is 1. The number of aromatic nitrogens is 1. The summed E-state index contributed by atoms with van der Waals surface area (Å²) in [5, 5.41) is 28.1. The fourth-order valence-electron chi connectivity index (χ4n) is 2.50. The van der Waals surface area contributed by atoms with E-state index in [-0.39, 0.29) is 29.7 Å². The molecular weight excluding hydrogens is 300 g/mol. The Morgan fingerprint density at radius 3 is 2.24 bits per heavy atom. The van der Waals surface area contributed by atoms with Crippen LogP contribution in [0.15, 0.2) is 17.2 Å². The van der Waals surface area contributed by atoms with Gasteiger partial charge in [-0.05, 0) is 18.9 Å². The number of carboxylic acid groups (broad SMARTS) is 1. The van der Waals surface area contributed by atoms with Crippen LogP contribution >= 0.6 is 0 Å². The Balaban J connectivity index is 1.96. The van der Waals surface area contributed by atoms with Gasteiger partial charge in [0.05, 0.1) is 12.2 Å². The third-order valence-electron chi connectivity index (χ3n) is 3.85. The number of carbonyl (C=O) groups is 1. The highest BCUT2D eigenvalue weighted by atomic mass is 32.2. The van der Waals surface area contributed by atoms with Crippen LogP contribution < -0.4 is 0 Å². The number of hydrogen-bond acceptors (Lipinski definition) is 5. The molecule has 1 aliphatic carbocycles. The van der Waals surface area contributed by atoms with Crippen molar-refractivity contribution in [2.75, 3.05) is 13.1 Å². The van der Waals surface area contributed by atoms with Gasteiger partial charge in [0.15, 0.2) is 0 Å². The average molecular weight is 316 g/mol. The van der Waals surface area contributed by atoms with Gasteiger partial charge in [0.2, 0.25) is 10.0 Å². The topological polar surface area (TPSA) is 120 Å². The van der Waals surface area contributed by atoms with Gasteiger partial charge in [0.25, 0.3) is 0 Å². The minimum absolute atomic E-state index is 0.0369. The van der Waals surface area contributed by atoms with Gasteiger partial charge in [-0.1, -0.05) is 0 Å². The zero-order valence-corrected chi connectivity index (χ0v) is 11.9. The molecule has 0 spiro atoms. The number of aliphatic hydroxyl groups excluding tert-OH is 2. The van der Waals surface area contributed by atoms with E-state index in [0.717, 1.165) is 23.2 Å². The first kappa shape index (κ1) is 14.5. The summed E-state index contributed by atoms with van der Waals surface area (Å²) in [5.74, 6) is -1.18. The number of aromatic carboxylic acids is 1. The van der Waals surface area contributed by atoms with Gasteiger partial charge >= 0.3 is 5.97 Å². The summed E-state index contributed by atoms with van der Waals surface area (Å²) in [6.45, 7) is -0.388. The molecule has 21 heavy (non-hydrogen) atoms. The summed E-state index contributed by atoms with van der Waals surface area (Å²) in [7, 11) is -3.92. The van der Waals surface area contributed by atoms with E-state index in [4.69, 9.17) is 5.11 Å². The first-order valence-electron chi connectivity index (χ1n) is 6.62. The van der Waals surface area contributed by atoms with Gasteiger partial charge in [-0.3, -0.25) is 0 Å². The maximum absolute atomic E-state index is 12.5. The third-order valence-corrected chi connectivity index (χ3v) is 5.64. The summed E-state index contributed by atoms with van der Waals surface area (Å²) in [5.41, 5.74) is -0.0589. The van der Waals surface area contributed by atoms with Crippen LogP contribution in [0.1, 0.15) is 29.4 Å². The number of carboxylic acids is 1. The maximum atomic E-state index is 12.5. The second-order valence-electron chi connectivity index (χ2n) is 5.46. The molecular formula is C12H16N2O6S. The average Bonchev–Trinajstić information content (AvgIpc) is 3.04. The molecule has 1 saturated carbocycles. The van der Waals surface area contributed by atoms with Crippen LogP contribution in [0.5, 0.6) is 0 Å². The maximum Gasteiger partial charge on any atom is 0.352 e. The normalized spacial score (nSPS) is 27.1. The van der Waals surface area contributed by atoms with Gasteiger partial charge < -0.3 is 19.9 Å². The van der Waals surface area contributed by atoms with Crippen molar-refractivity contribution in [2.24, 2.45) is 0 Å². The second-order valence-corrected chi connectivity index (χ2v) is 7.40. The van der Waals surface area contributed by atoms with Crippen molar-refractivity contribution in [3.63, 3.8) is 0 Å². The molecule has 0 aromatic carbocycles. The molecule has 1 aliphatic heterocycles. The summed E-state index contributed by atoms with van der Waals surface area (Å²) in [4.78, 5) is 11.1. The lowest BCUT2D eigenvalue weighted by Crippen LogP contribution is -2.29. The van der Waals surface area contributed by atoms with Crippen LogP contribution in [0.3, 0.4) is 0 Å². The summed E-state index contributed by atoms with van der Waals surface area (Å²) in [6, 6.07) is 1.17. The molecule has 2 heterocycles. The van der Waals surface area contributed by atoms with E-state index < -0.39 is 28.2 Å². The smallest absolute Gasteiger partial charge is 0.352 e. The molecule has 0 bridgehead atoms. The molecule has 2 atom stereocenters. The van der Waals surface area contributed by atoms with Crippen molar-refractivity contribution in [1.29, 1.82) is 0 Å². The van der Waals surface area contributed by atoms with Gasteiger partial charge in [-0.25, -0.2) is 13.2 Å². The van der Waals surface area contributed by atoms with Crippen LogP contribution in [-0.4, -0.2) is 63.9 Å². The fraction of sp³-hybridized carbons (Fsp3) is 0.583. The van der Waals surface area contributed by atoms with Crippen molar-refractivity contribution in [2.45, 2.75) is 36.0 Å². The third kappa shape index (κ3) is 2.46. The Morgan fingerprint density at radius 1 is 1.19 bits per heavy atom. The van der Waals surface area contributed by atoms with Crippen molar-refractivity contribution in [1.82, 2.24) is 8.87 Å². The Bertz CT molecular complexity index is 668. The highest BCUT2D eigenvalue weighted by molar-refractivity contribution is 7.89. The standard InChI is InChI=1S/C12H16N2O6S/c15-10-5-13(6-11(10)16)21(19,20)8-3-9(12(17)18)14(4-8)7-1-2-7/h3-4,7,10-11,15-16H,1-2,5-6H2,(H,17,18)/t10-,11+. The van der Waals surface area contributed by atoms with Crippen LogP contribution in [0.2, 0.25) is 0 Å². The van der Waals surface area contributed by atoms with Crippen molar-refractivity contribution >= 4 is 16.0 Å². The van der Waals surface area contributed by atoms with E-state index in [1.807, 2.05) is 0 Å². The lowest BCUT2D eigenvalue weighted by atomic mass is 10.3. The monoisotopic (exact) mass is 316 g/mol. The highest BCUT2D eigenvalue weighted by Gasteiger charge is 2.39. The Hall–Kier alpha value is -1.42. The van der Waals surface area contributed by atoms with E-state index in [1.54, 1.807) is 0 Å².